The Hall–Kier alpha value is -9.10. The summed E-state index contributed by atoms with van der Waals surface area (Å²) in [5, 5.41) is 12.5. The van der Waals surface area contributed by atoms with E-state index in [0.717, 1.165) is 0 Å². The van der Waals surface area contributed by atoms with E-state index in [2.05, 4.69) is 267 Å². The smallest absolute Gasteiger partial charge is 0.0619 e. The van der Waals surface area contributed by atoms with E-state index in [4.69, 9.17) is 0 Å². The quantitative estimate of drug-likeness (QED) is 0.119. The molecular weight excluding hydrogens is 853 g/mol. The van der Waals surface area contributed by atoms with Gasteiger partial charge in [0.15, 0.2) is 0 Å². The molecule has 0 unspecified atom stereocenters. The summed E-state index contributed by atoms with van der Waals surface area (Å²) in [7, 11) is 0. The summed E-state index contributed by atoms with van der Waals surface area (Å²) in [5.41, 5.74) is 20.2. The van der Waals surface area contributed by atoms with Gasteiger partial charge in [-0.15, -0.1) is 0 Å². The maximum atomic E-state index is 2.54. The van der Waals surface area contributed by atoms with Crippen LogP contribution in [0, 0.1) is 0 Å². The van der Waals surface area contributed by atoms with Crippen LogP contribution in [0.1, 0.15) is 33.4 Å². The molecule has 0 N–H and O–H groups in total. The van der Waals surface area contributed by atoms with Gasteiger partial charge >= 0.3 is 0 Å². The monoisotopic (exact) mass is 896 g/mol. The van der Waals surface area contributed by atoms with Crippen molar-refractivity contribution >= 4 is 66.0 Å². The van der Waals surface area contributed by atoms with Crippen molar-refractivity contribution in [3.05, 3.63) is 288 Å². The molecule has 71 heavy (non-hydrogen) atoms. The van der Waals surface area contributed by atoms with Gasteiger partial charge in [-0.05, 0) is 149 Å². The molecule has 0 saturated heterocycles. The zero-order valence-corrected chi connectivity index (χ0v) is 38.9. The van der Waals surface area contributed by atoms with Crippen molar-refractivity contribution in [2.75, 3.05) is 0 Å². The second-order valence-corrected chi connectivity index (χ2v) is 19.3. The van der Waals surface area contributed by atoms with Crippen LogP contribution in [0.15, 0.2) is 255 Å². The van der Waals surface area contributed by atoms with Crippen molar-refractivity contribution in [1.29, 1.82) is 0 Å². The first kappa shape index (κ1) is 39.9. The number of benzene rings is 13. The van der Waals surface area contributed by atoms with Crippen molar-refractivity contribution in [2.24, 2.45) is 0 Å². The van der Waals surface area contributed by atoms with Crippen molar-refractivity contribution in [3.8, 4) is 55.6 Å². The summed E-state index contributed by atoms with van der Waals surface area (Å²) in [6, 6.07) is 95.2. The van der Waals surface area contributed by atoms with Gasteiger partial charge in [-0.3, -0.25) is 0 Å². The zero-order valence-electron chi connectivity index (χ0n) is 38.9. The van der Waals surface area contributed by atoms with Crippen molar-refractivity contribution in [1.82, 2.24) is 0 Å². The van der Waals surface area contributed by atoms with Crippen molar-refractivity contribution in [3.63, 3.8) is 0 Å². The van der Waals surface area contributed by atoms with E-state index in [1.807, 2.05) is 0 Å². The fraction of sp³-hybridized carbons (Fsp3) is 0.0141. The van der Waals surface area contributed by atoms with Gasteiger partial charge in [0, 0.05) is 0 Å². The molecule has 0 atom stereocenters. The highest BCUT2D eigenvalue weighted by Gasteiger charge is 2.51. The van der Waals surface area contributed by atoms with Crippen LogP contribution in [0.3, 0.4) is 0 Å². The van der Waals surface area contributed by atoms with Gasteiger partial charge in [0.05, 0.1) is 5.41 Å². The zero-order chi connectivity index (χ0) is 46.6. The molecule has 2 aliphatic rings. The molecule has 0 radical (unpaired) electrons. The van der Waals surface area contributed by atoms with E-state index in [-0.39, 0.29) is 0 Å². The highest BCUT2D eigenvalue weighted by atomic mass is 14.5. The lowest BCUT2D eigenvalue weighted by Crippen LogP contribution is -2.25. The standard InChI is InChI=1S/C71H44/c1-2-20-49-45(18-1)19-17-32-53(49)55-41-38-46(50-21-3-5-23-52(50)55)36-37-47-39-43-64(54-24-6-4-22-51(47)54)70-62-30-9-7-28-60(62)69(61-29-8-10-31-63(61)70)48-40-42-59-58-27-13-16-35-67(58)71(68(59)44-48)65-33-14-11-25-56(65)57-26-12-15-34-66(57)71/h1-44H/b37-36+. The molecule has 0 fully saturated rings. The molecule has 2 aliphatic carbocycles. The molecule has 0 nitrogen and oxygen atoms in total. The second-order valence-electron chi connectivity index (χ2n) is 19.3. The van der Waals surface area contributed by atoms with E-state index >= 15 is 0 Å². The SMILES string of the molecule is C(=C\c1ccc(-c2c3ccccc3c(-c3ccc4c(c3)C3(c5ccccc5-c5ccccc53)c3ccccc3-4)c3ccccc23)c2ccccc12)/c1ccc(-c2cccc3ccccc23)c2ccccc12. The first-order chi connectivity index (χ1) is 35.3. The molecule has 13 aromatic carbocycles. The Morgan fingerprint density at radius 1 is 0.225 bits per heavy atom. The minimum atomic E-state index is -0.413. The van der Waals surface area contributed by atoms with Gasteiger partial charge in [-0.1, -0.05) is 261 Å². The Morgan fingerprint density at radius 2 is 0.592 bits per heavy atom. The minimum Gasteiger partial charge on any atom is -0.0619 e. The van der Waals surface area contributed by atoms with Crippen LogP contribution in [0.4, 0.5) is 0 Å². The molecular formula is C71H44. The number of rotatable bonds is 5. The molecule has 0 aromatic heterocycles. The lowest BCUT2D eigenvalue weighted by molar-refractivity contribution is 0.794. The van der Waals surface area contributed by atoms with E-state index in [0.29, 0.717) is 0 Å². The van der Waals surface area contributed by atoms with Crippen LogP contribution < -0.4 is 0 Å². The molecule has 0 amide bonds. The topological polar surface area (TPSA) is 0 Å². The van der Waals surface area contributed by atoms with Gasteiger partial charge in [0.2, 0.25) is 0 Å². The largest absolute Gasteiger partial charge is 0.0725 e. The number of fused-ring (bicyclic) bond motifs is 15. The average Bonchev–Trinajstić information content (AvgIpc) is 3.92. The second kappa shape index (κ2) is 15.5. The predicted molar refractivity (Wildman–Crippen MR) is 302 cm³/mol. The van der Waals surface area contributed by atoms with Gasteiger partial charge in [-0.25, -0.2) is 0 Å². The van der Waals surface area contributed by atoms with Crippen LogP contribution in [0.5, 0.6) is 0 Å². The van der Waals surface area contributed by atoms with Crippen LogP contribution >= 0.6 is 0 Å². The molecule has 1 spiro atoms. The number of hydrogen-bond acceptors (Lipinski definition) is 0. The summed E-state index contributed by atoms with van der Waals surface area (Å²) in [6.07, 6.45) is 4.61. The average molecular weight is 897 g/mol. The molecule has 328 valence electrons. The third-order valence-corrected chi connectivity index (χ3v) is 15.9. The van der Waals surface area contributed by atoms with E-state index in [9.17, 15) is 0 Å². The van der Waals surface area contributed by atoms with Crippen LogP contribution in [0.25, 0.3) is 122 Å². The van der Waals surface area contributed by atoms with Gasteiger partial charge < -0.3 is 0 Å². The number of hydrogen-bond donors (Lipinski definition) is 0. The highest BCUT2D eigenvalue weighted by Crippen LogP contribution is 2.63. The van der Waals surface area contributed by atoms with Gasteiger partial charge in [0.1, 0.15) is 0 Å². The summed E-state index contributed by atoms with van der Waals surface area (Å²) in [6.45, 7) is 0. The lowest BCUT2D eigenvalue weighted by atomic mass is 9.70. The predicted octanol–water partition coefficient (Wildman–Crippen LogP) is 19.0. The van der Waals surface area contributed by atoms with Gasteiger partial charge in [0.25, 0.3) is 0 Å². The van der Waals surface area contributed by atoms with E-state index < -0.39 is 5.41 Å². The van der Waals surface area contributed by atoms with E-state index in [1.54, 1.807) is 0 Å². The molecule has 15 rings (SSSR count). The molecule has 0 saturated carbocycles. The van der Waals surface area contributed by atoms with Gasteiger partial charge in [-0.2, -0.15) is 0 Å². The summed E-state index contributed by atoms with van der Waals surface area (Å²) in [5.74, 6) is 0. The minimum absolute atomic E-state index is 0.413. The van der Waals surface area contributed by atoms with Crippen LogP contribution in [-0.4, -0.2) is 0 Å². The summed E-state index contributed by atoms with van der Waals surface area (Å²) >= 11 is 0. The Bertz CT molecular complexity index is 4280. The Balaban J connectivity index is 0.893. The van der Waals surface area contributed by atoms with Crippen LogP contribution in [-0.2, 0) is 5.41 Å². The fourth-order valence-corrected chi connectivity index (χ4v) is 13.0. The Morgan fingerprint density at radius 3 is 1.15 bits per heavy atom. The molecule has 0 aliphatic heterocycles. The maximum Gasteiger partial charge on any atom is 0.0725 e. The fourth-order valence-electron chi connectivity index (χ4n) is 13.0. The highest BCUT2D eigenvalue weighted by molar-refractivity contribution is 6.24. The molecule has 0 bridgehead atoms. The molecule has 0 heterocycles. The summed E-state index contributed by atoms with van der Waals surface area (Å²) in [4.78, 5) is 0. The van der Waals surface area contributed by atoms with Crippen molar-refractivity contribution in [2.45, 2.75) is 5.41 Å². The summed E-state index contributed by atoms with van der Waals surface area (Å²) < 4.78 is 0. The molecule has 13 aromatic rings. The van der Waals surface area contributed by atoms with Crippen molar-refractivity contribution < 1.29 is 0 Å². The molecule has 0 heteroatoms. The van der Waals surface area contributed by atoms with Crippen LogP contribution in [0.2, 0.25) is 0 Å². The lowest BCUT2D eigenvalue weighted by Gasteiger charge is -2.31. The first-order valence-electron chi connectivity index (χ1n) is 24.8. The Labute approximate surface area is 413 Å². The third kappa shape index (κ3) is 5.68. The Kier molecular flexibility index (Phi) is 8.68. The normalized spacial score (nSPS) is 13.1. The van der Waals surface area contributed by atoms with E-state index in [1.165, 1.54) is 143 Å². The third-order valence-electron chi connectivity index (χ3n) is 15.9. The first-order valence-corrected chi connectivity index (χ1v) is 24.8. The maximum absolute atomic E-state index is 2.54.